The van der Waals surface area contributed by atoms with Crippen LogP contribution in [0.3, 0.4) is 0 Å². The van der Waals surface area contributed by atoms with Crippen LogP contribution in [-0.4, -0.2) is 0 Å². The molecule has 0 saturated carbocycles. The number of rotatable bonds is 6. The molecule has 0 radical (unpaired) electrons. The predicted molar refractivity (Wildman–Crippen MR) is 261 cm³/mol. The first kappa shape index (κ1) is 35.6. The van der Waals surface area contributed by atoms with E-state index in [9.17, 15) is 0 Å². The molecule has 3 nitrogen and oxygen atoms in total. The average Bonchev–Trinajstić information content (AvgIpc) is 3.94. The highest BCUT2D eigenvalue weighted by Crippen LogP contribution is 2.54. The molecule has 11 aromatic rings. The topological polar surface area (TPSA) is 29.5 Å². The highest BCUT2D eigenvalue weighted by molar-refractivity contribution is 6.11. The van der Waals surface area contributed by atoms with Gasteiger partial charge in [0.15, 0.2) is 0 Å². The lowest BCUT2D eigenvalue weighted by Crippen LogP contribution is -2.17. The molecule has 63 heavy (non-hydrogen) atoms. The summed E-state index contributed by atoms with van der Waals surface area (Å²) in [6.07, 6.45) is 9.15. The molecular weight excluding hydrogens is 767 g/mol. The molecule has 3 heteroatoms. The maximum absolute atomic E-state index is 6.45. The number of nitrogens with zero attached hydrogens (tertiary/aromatic N) is 1. The molecule has 2 aliphatic carbocycles. The molecule has 2 unspecified atom stereocenters. The van der Waals surface area contributed by atoms with E-state index in [-0.39, 0.29) is 11.8 Å². The van der Waals surface area contributed by atoms with Crippen LogP contribution in [0, 0.1) is 0 Å². The first-order valence-electron chi connectivity index (χ1n) is 21.7. The average molecular weight is 806 g/mol. The minimum Gasteiger partial charge on any atom is -0.456 e. The van der Waals surface area contributed by atoms with E-state index in [0.717, 1.165) is 66.9 Å². The van der Waals surface area contributed by atoms with Gasteiger partial charge in [0.1, 0.15) is 22.3 Å². The van der Waals surface area contributed by atoms with Gasteiger partial charge in [0.05, 0.1) is 0 Å². The van der Waals surface area contributed by atoms with Gasteiger partial charge in [-0.25, -0.2) is 0 Å². The Morgan fingerprint density at radius 2 is 0.968 bits per heavy atom. The smallest absolute Gasteiger partial charge is 0.143 e. The molecule has 0 fully saturated rings. The quantitative estimate of drug-likeness (QED) is 0.168. The second-order valence-corrected chi connectivity index (χ2v) is 16.7. The fraction of sp³-hybridized carbons (Fsp3) is 0.0333. The number of allylic oxidation sites excluding steroid dienone is 4. The van der Waals surface area contributed by atoms with Gasteiger partial charge in [-0.2, -0.15) is 0 Å². The number of furan rings is 2. The van der Waals surface area contributed by atoms with Crippen molar-refractivity contribution in [2.45, 2.75) is 11.8 Å². The molecule has 2 atom stereocenters. The molecule has 9 aromatic carbocycles. The van der Waals surface area contributed by atoms with E-state index in [1.54, 1.807) is 0 Å². The van der Waals surface area contributed by atoms with Crippen LogP contribution in [0.25, 0.3) is 88.4 Å². The van der Waals surface area contributed by atoms with E-state index in [1.165, 1.54) is 49.7 Å². The fourth-order valence-corrected chi connectivity index (χ4v) is 10.3. The largest absolute Gasteiger partial charge is 0.456 e. The summed E-state index contributed by atoms with van der Waals surface area (Å²) in [7, 11) is 0. The van der Waals surface area contributed by atoms with Gasteiger partial charge in [-0.1, -0.05) is 164 Å². The minimum atomic E-state index is 0.233. The predicted octanol–water partition coefficient (Wildman–Crippen LogP) is 16.9. The maximum atomic E-state index is 6.45. The van der Waals surface area contributed by atoms with E-state index < -0.39 is 0 Å². The van der Waals surface area contributed by atoms with Crippen LogP contribution < -0.4 is 4.90 Å². The molecular formula is C60H39NO2. The Hall–Kier alpha value is -8.14. The van der Waals surface area contributed by atoms with Crippen LogP contribution in [0.5, 0.6) is 0 Å². The molecule has 0 spiro atoms. The first-order chi connectivity index (χ1) is 31.2. The lowest BCUT2D eigenvalue weighted by atomic mass is 9.68. The van der Waals surface area contributed by atoms with Crippen molar-refractivity contribution in [2.24, 2.45) is 0 Å². The number of fused-ring (bicyclic) bond motifs is 13. The summed E-state index contributed by atoms with van der Waals surface area (Å²) >= 11 is 0. The highest BCUT2D eigenvalue weighted by atomic mass is 16.3. The summed E-state index contributed by atoms with van der Waals surface area (Å²) in [5, 5.41) is 4.67. The Labute approximate surface area is 365 Å². The second-order valence-electron chi connectivity index (χ2n) is 16.7. The van der Waals surface area contributed by atoms with Crippen molar-refractivity contribution in [1.29, 1.82) is 0 Å². The van der Waals surface area contributed by atoms with Gasteiger partial charge >= 0.3 is 0 Å². The van der Waals surface area contributed by atoms with E-state index >= 15 is 0 Å². The van der Waals surface area contributed by atoms with Crippen molar-refractivity contribution in [3.63, 3.8) is 0 Å². The summed E-state index contributed by atoms with van der Waals surface area (Å²) in [6, 6.07) is 72.0. The molecule has 2 aromatic heterocycles. The normalized spacial score (nSPS) is 15.2. The van der Waals surface area contributed by atoms with Gasteiger partial charge in [-0.05, 0) is 111 Å². The van der Waals surface area contributed by atoms with Crippen LogP contribution in [0.15, 0.2) is 233 Å². The maximum Gasteiger partial charge on any atom is 0.143 e. The molecule has 0 N–H and O–H groups in total. The number of anilines is 3. The Kier molecular flexibility index (Phi) is 8.04. The van der Waals surface area contributed by atoms with Gasteiger partial charge < -0.3 is 13.7 Å². The second kappa shape index (κ2) is 14.2. The lowest BCUT2D eigenvalue weighted by molar-refractivity contribution is 0.667. The van der Waals surface area contributed by atoms with Crippen LogP contribution in [0.4, 0.5) is 17.1 Å². The third-order valence-corrected chi connectivity index (χ3v) is 13.3. The third-order valence-electron chi connectivity index (χ3n) is 13.3. The van der Waals surface area contributed by atoms with E-state index in [0.29, 0.717) is 0 Å². The summed E-state index contributed by atoms with van der Waals surface area (Å²) in [5.41, 5.74) is 19.1. The van der Waals surface area contributed by atoms with E-state index in [2.05, 4.69) is 217 Å². The summed E-state index contributed by atoms with van der Waals surface area (Å²) < 4.78 is 12.9. The van der Waals surface area contributed by atoms with Gasteiger partial charge in [0.2, 0.25) is 0 Å². The first-order valence-corrected chi connectivity index (χ1v) is 21.7. The van der Waals surface area contributed by atoms with Crippen LogP contribution in [0.1, 0.15) is 23.0 Å². The molecule has 0 aliphatic heterocycles. The van der Waals surface area contributed by atoms with Crippen molar-refractivity contribution in [1.82, 2.24) is 0 Å². The van der Waals surface area contributed by atoms with Crippen molar-refractivity contribution >= 4 is 60.9 Å². The van der Waals surface area contributed by atoms with E-state index in [4.69, 9.17) is 8.83 Å². The van der Waals surface area contributed by atoms with Crippen LogP contribution in [0.2, 0.25) is 0 Å². The molecule has 0 amide bonds. The number of hydrogen-bond acceptors (Lipinski definition) is 3. The minimum absolute atomic E-state index is 0.233. The molecule has 2 heterocycles. The molecule has 0 saturated heterocycles. The Morgan fingerprint density at radius 1 is 0.349 bits per heavy atom. The van der Waals surface area contributed by atoms with Crippen LogP contribution >= 0.6 is 0 Å². The SMILES string of the molecule is C1=CC2c3ccc(-c4cccc(N(c5ccc(-c6ccccc6)cc5)c5ccc(-c6cccc7c6oc6ccccc67)cc5)c4)cc3-c3ccc4oc5ccccc5c4c3C2C=C1. The summed E-state index contributed by atoms with van der Waals surface area (Å²) in [6.45, 7) is 0. The number of hydrogen-bond donors (Lipinski definition) is 0. The van der Waals surface area contributed by atoms with Gasteiger partial charge in [0, 0.05) is 56.0 Å². The monoisotopic (exact) mass is 805 g/mol. The zero-order valence-electron chi connectivity index (χ0n) is 34.3. The van der Waals surface area contributed by atoms with Crippen molar-refractivity contribution < 1.29 is 8.83 Å². The summed E-state index contributed by atoms with van der Waals surface area (Å²) in [4.78, 5) is 2.36. The molecule has 296 valence electrons. The Bertz CT molecular complexity index is 3620. The standard InChI is InChI=1S/C60H39NO2/c1-2-12-38(13-3-1)39-24-29-43(30-25-39)61(44-31-26-40(27-32-44)46-20-11-21-52-49-17-6-8-22-55(49)63-60(46)52)45-15-10-14-41(36-45)42-28-33-48-47-16-4-5-18-50(47)58-51(54(48)37-42)34-35-57-59(58)53-19-7-9-23-56(53)62-57/h1-37,47,50H. The molecule has 0 bridgehead atoms. The van der Waals surface area contributed by atoms with E-state index in [1.807, 2.05) is 12.1 Å². The van der Waals surface area contributed by atoms with Crippen molar-refractivity contribution in [2.75, 3.05) is 4.90 Å². The molecule has 2 aliphatic rings. The van der Waals surface area contributed by atoms with Gasteiger partial charge in [-0.15, -0.1) is 0 Å². The summed E-state index contributed by atoms with van der Waals surface area (Å²) in [5.74, 6) is 0.476. The van der Waals surface area contributed by atoms with Crippen molar-refractivity contribution in [3.8, 4) is 44.5 Å². The lowest BCUT2D eigenvalue weighted by Gasteiger charge is -2.34. The number of para-hydroxylation sites is 3. The zero-order chi connectivity index (χ0) is 41.4. The Balaban J connectivity index is 0.928. The van der Waals surface area contributed by atoms with Crippen molar-refractivity contribution in [3.05, 3.63) is 236 Å². The zero-order valence-corrected chi connectivity index (χ0v) is 34.3. The highest BCUT2D eigenvalue weighted by Gasteiger charge is 2.34. The Morgan fingerprint density at radius 3 is 1.78 bits per heavy atom. The number of benzene rings is 9. The molecule has 13 rings (SSSR count). The fourth-order valence-electron chi connectivity index (χ4n) is 10.3. The van der Waals surface area contributed by atoms with Crippen LogP contribution in [-0.2, 0) is 0 Å². The van der Waals surface area contributed by atoms with Gasteiger partial charge in [-0.3, -0.25) is 0 Å². The van der Waals surface area contributed by atoms with Gasteiger partial charge in [0.25, 0.3) is 0 Å². The third kappa shape index (κ3) is 5.74.